The summed E-state index contributed by atoms with van der Waals surface area (Å²) in [5.41, 5.74) is 0. The predicted octanol–water partition coefficient (Wildman–Crippen LogP) is 1.87. The molecule has 1 saturated carbocycles. The van der Waals surface area contributed by atoms with Crippen molar-refractivity contribution in [3.05, 3.63) is 0 Å². The molecule has 2 aliphatic rings. The van der Waals surface area contributed by atoms with Crippen LogP contribution in [0.2, 0.25) is 0 Å². The molecule has 1 aliphatic carbocycles. The fourth-order valence-electron chi connectivity index (χ4n) is 4.27. The summed E-state index contributed by atoms with van der Waals surface area (Å²) in [6.07, 6.45) is 6.02. The molecule has 0 atom stereocenters. The Bertz CT molecular complexity index is 461. The number of guanidine groups is 1. The molecule has 0 aromatic rings. The van der Waals surface area contributed by atoms with Crippen molar-refractivity contribution in [3.8, 4) is 0 Å². The summed E-state index contributed by atoms with van der Waals surface area (Å²) in [5.74, 6) is 2.84. The van der Waals surface area contributed by atoms with Crippen LogP contribution >= 0.6 is 0 Å². The molecule has 0 spiro atoms. The Labute approximate surface area is 160 Å². The Morgan fingerprint density at radius 3 is 2.23 bits per heavy atom. The number of carbonyl (C=O) groups excluding carboxylic acids is 1. The van der Waals surface area contributed by atoms with Crippen LogP contribution in [0.15, 0.2) is 4.99 Å². The zero-order valence-corrected chi connectivity index (χ0v) is 17.5. The lowest BCUT2D eigenvalue weighted by Gasteiger charge is -2.43. The minimum Gasteiger partial charge on any atom is -0.356 e. The average Bonchev–Trinajstić information content (AvgIpc) is 2.65. The summed E-state index contributed by atoms with van der Waals surface area (Å²) >= 11 is 0. The third-order valence-electron chi connectivity index (χ3n) is 6.15. The van der Waals surface area contributed by atoms with Gasteiger partial charge in [-0.05, 0) is 37.5 Å². The van der Waals surface area contributed by atoms with Gasteiger partial charge in [0, 0.05) is 66.3 Å². The van der Waals surface area contributed by atoms with Gasteiger partial charge in [0.15, 0.2) is 5.96 Å². The van der Waals surface area contributed by atoms with Crippen LogP contribution in [-0.4, -0.2) is 86.5 Å². The van der Waals surface area contributed by atoms with Gasteiger partial charge in [-0.1, -0.05) is 13.8 Å². The van der Waals surface area contributed by atoms with Gasteiger partial charge in [-0.25, -0.2) is 0 Å². The van der Waals surface area contributed by atoms with E-state index in [1.807, 2.05) is 7.05 Å². The number of rotatable bonds is 5. The summed E-state index contributed by atoms with van der Waals surface area (Å²) in [4.78, 5) is 22.8. The quantitative estimate of drug-likeness (QED) is 0.597. The molecule has 1 heterocycles. The molecule has 0 radical (unpaired) electrons. The smallest absolute Gasteiger partial charge is 0.223 e. The maximum Gasteiger partial charge on any atom is 0.223 e. The summed E-state index contributed by atoms with van der Waals surface area (Å²) in [7, 11) is 5.42. The molecule has 0 bridgehead atoms. The molecule has 1 aliphatic heterocycles. The van der Waals surface area contributed by atoms with Crippen LogP contribution in [0.3, 0.4) is 0 Å². The van der Waals surface area contributed by atoms with Gasteiger partial charge in [0.25, 0.3) is 0 Å². The first-order chi connectivity index (χ1) is 12.4. The van der Waals surface area contributed by atoms with Crippen LogP contribution in [-0.2, 0) is 4.79 Å². The van der Waals surface area contributed by atoms with Gasteiger partial charge >= 0.3 is 0 Å². The Hall–Kier alpha value is -1.30. The molecule has 6 nitrogen and oxygen atoms in total. The summed E-state index contributed by atoms with van der Waals surface area (Å²) in [5, 5.41) is 3.35. The van der Waals surface area contributed by atoms with Gasteiger partial charge < -0.3 is 15.1 Å². The predicted molar refractivity (Wildman–Crippen MR) is 108 cm³/mol. The van der Waals surface area contributed by atoms with Crippen LogP contribution in [0.5, 0.6) is 0 Å². The third kappa shape index (κ3) is 5.86. The third-order valence-corrected chi connectivity index (χ3v) is 6.15. The molecule has 0 aromatic heterocycles. The number of aliphatic imine (C=N–C) groups is 1. The van der Waals surface area contributed by atoms with E-state index in [1.165, 1.54) is 25.7 Å². The molecule has 0 unspecified atom stereocenters. The van der Waals surface area contributed by atoms with Crippen LogP contribution in [0, 0.1) is 11.8 Å². The first kappa shape index (κ1) is 21.0. The second-order valence-corrected chi connectivity index (χ2v) is 8.35. The number of nitrogens with one attached hydrogen (secondary N) is 1. The zero-order chi connectivity index (χ0) is 19.1. The van der Waals surface area contributed by atoms with E-state index in [9.17, 15) is 4.79 Å². The van der Waals surface area contributed by atoms with Gasteiger partial charge in [-0.15, -0.1) is 0 Å². The Morgan fingerprint density at radius 2 is 1.73 bits per heavy atom. The van der Waals surface area contributed by atoms with Crippen LogP contribution in [0.4, 0.5) is 0 Å². The van der Waals surface area contributed by atoms with Crippen molar-refractivity contribution in [2.75, 3.05) is 53.9 Å². The molecule has 0 aromatic carbocycles. The van der Waals surface area contributed by atoms with E-state index in [-0.39, 0.29) is 5.91 Å². The number of piperazine rings is 1. The number of nitrogens with zero attached hydrogens (tertiary/aromatic N) is 4. The molecular weight excluding hydrogens is 326 g/mol. The summed E-state index contributed by atoms with van der Waals surface area (Å²) < 4.78 is 0. The molecular formula is C20H39N5O. The van der Waals surface area contributed by atoms with Crippen molar-refractivity contribution < 1.29 is 4.79 Å². The number of amides is 1. The largest absolute Gasteiger partial charge is 0.356 e. The summed E-state index contributed by atoms with van der Waals surface area (Å²) in [6, 6.07) is 0.778. The van der Waals surface area contributed by atoms with Gasteiger partial charge in [0.1, 0.15) is 0 Å². The Morgan fingerprint density at radius 1 is 1.12 bits per heavy atom. The zero-order valence-electron chi connectivity index (χ0n) is 17.5. The van der Waals surface area contributed by atoms with E-state index < -0.39 is 0 Å². The molecule has 26 heavy (non-hydrogen) atoms. The number of hydrogen-bond acceptors (Lipinski definition) is 3. The normalized spacial score (nSPS) is 25.5. The minimum atomic E-state index is 0.148. The molecule has 1 saturated heterocycles. The first-order valence-corrected chi connectivity index (χ1v) is 10.3. The standard InChI is InChI=1S/C20H39N5O/c1-16(2)17-6-8-18(9-7-17)24-12-14-25(15-13-24)20(21-3)22-11-10-19(26)23(4)5/h16-18H,6-15H2,1-5H3,(H,21,22). The Balaban J connectivity index is 1.72. The van der Waals surface area contributed by atoms with Crippen molar-refractivity contribution in [2.24, 2.45) is 16.8 Å². The van der Waals surface area contributed by atoms with Gasteiger partial charge in [0.05, 0.1) is 0 Å². The number of carbonyl (C=O) groups is 1. The topological polar surface area (TPSA) is 51.2 Å². The highest BCUT2D eigenvalue weighted by molar-refractivity contribution is 5.81. The maximum absolute atomic E-state index is 11.7. The highest BCUT2D eigenvalue weighted by Crippen LogP contribution is 2.32. The highest BCUT2D eigenvalue weighted by atomic mass is 16.2. The second kappa shape index (κ2) is 10.1. The van der Waals surface area contributed by atoms with E-state index in [1.54, 1.807) is 19.0 Å². The van der Waals surface area contributed by atoms with E-state index in [2.05, 4.69) is 34.0 Å². The van der Waals surface area contributed by atoms with E-state index in [0.717, 1.165) is 50.0 Å². The van der Waals surface area contributed by atoms with Gasteiger partial charge in [-0.2, -0.15) is 0 Å². The number of hydrogen-bond donors (Lipinski definition) is 1. The van der Waals surface area contributed by atoms with Crippen molar-refractivity contribution in [1.82, 2.24) is 20.0 Å². The lowest BCUT2D eigenvalue weighted by molar-refractivity contribution is -0.128. The monoisotopic (exact) mass is 365 g/mol. The highest BCUT2D eigenvalue weighted by Gasteiger charge is 2.29. The lowest BCUT2D eigenvalue weighted by atomic mass is 9.79. The lowest BCUT2D eigenvalue weighted by Crippen LogP contribution is -2.55. The van der Waals surface area contributed by atoms with Crippen molar-refractivity contribution in [2.45, 2.75) is 52.0 Å². The molecule has 1 N–H and O–H groups in total. The minimum absolute atomic E-state index is 0.148. The molecule has 6 heteroatoms. The van der Waals surface area contributed by atoms with E-state index in [4.69, 9.17) is 0 Å². The van der Waals surface area contributed by atoms with Crippen LogP contribution in [0.1, 0.15) is 46.0 Å². The average molecular weight is 366 g/mol. The molecule has 2 fully saturated rings. The Kier molecular flexibility index (Phi) is 8.19. The van der Waals surface area contributed by atoms with Gasteiger partial charge in [-0.3, -0.25) is 14.7 Å². The molecule has 150 valence electrons. The fraction of sp³-hybridized carbons (Fsp3) is 0.900. The van der Waals surface area contributed by atoms with E-state index in [0.29, 0.717) is 13.0 Å². The van der Waals surface area contributed by atoms with E-state index >= 15 is 0 Å². The summed E-state index contributed by atoms with van der Waals surface area (Å²) in [6.45, 7) is 9.66. The second-order valence-electron chi connectivity index (χ2n) is 8.35. The van der Waals surface area contributed by atoms with Crippen molar-refractivity contribution in [1.29, 1.82) is 0 Å². The first-order valence-electron chi connectivity index (χ1n) is 10.3. The molecule has 1 amide bonds. The fourth-order valence-corrected chi connectivity index (χ4v) is 4.27. The van der Waals surface area contributed by atoms with Crippen molar-refractivity contribution in [3.63, 3.8) is 0 Å². The van der Waals surface area contributed by atoms with Gasteiger partial charge in [0.2, 0.25) is 5.91 Å². The SMILES string of the molecule is CN=C(NCCC(=O)N(C)C)N1CCN(C2CCC(C(C)C)CC2)CC1. The maximum atomic E-state index is 11.7. The van der Waals surface area contributed by atoms with Crippen LogP contribution in [0.25, 0.3) is 0 Å². The van der Waals surface area contributed by atoms with Crippen LogP contribution < -0.4 is 5.32 Å². The van der Waals surface area contributed by atoms with Crippen molar-refractivity contribution >= 4 is 11.9 Å². The molecule has 2 rings (SSSR count).